The summed E-state index contributed by atoms with van der Waals surface area (Å²) >= 11 is 0. The highest BCUT2D eigenvalue weighted by Gasteiger charge is 2.34. The number of imide groups is 1. The van der Waals surface area contributed by atoms with Crippen molar-refractivity contribution in [2.45, 2.75) is 0 Å². The molecule has 7 nitrogen and oxygen atoms in total. The average molecular weight is 267 g/mol. The zero-order valence-electron chi connectivity index (χ0n) is 9.86. The number of nitro groups is 1. The number of non-ortho nitro benzene ring substituents is 1. The second kappa shape index (κ2) is 3.86. The van der Waals surface area contributed by atoms with E-state index in [1.54, 1.807) is 12.1 Å². The van der Waals surface area contributed by atoms with Crippen LogP contribution < -0.4 is 0 Å². The maximum Gasteiger partial charge on any atom is 0.275 e. The molecule has 0 aromatic heterocycles. The van der Waals surface area contributed by atoms with Crippen LogP contribution in [0.2, 0.25) is 0 Å². The van der Waals surface area contributed by atoms with E-state index < -0.39 is 16.7 Å². The number of hydrogen-bond acceptors (Lipinski definition) is 5. The molecule has 0 saturated heterocycles. The van der Waals surface area contributed by atoms with E-state index in [2.05, 4.69) is 0 Å². The summed E-state index contributed by atoms with van der Waals surface area (Å²) < 4.78 is 0. The summed E-state index contributed by atoms with van der Waals surface area (Å²) in [6, 6.07) is 7.00. The Hall–Kier alpha value is -3.27. The van der Waals surface area contributed by atoms with Crippen molar-refractivity contribution >= 4 is 28.3 Å². The molecule has 2 amide bonds. The van der Waals surface area contributed by atoms with E-state index in [9.17, 15) is 19.7 Å². The van der Waals surface area contributed by atoms with Gasteiger partial charge in [-0.15, -0.1) is 0 Å². The van der Waals surface area contributed by atoms with Gasteiger partial charge in [0.15, 0.2) is 6.19 Å². The smallest absolute Gasteiger partial charge is 0.267 e. The first kappa shape index (κ1) is 11.8. The Balaban J connectivity index is 2.47. The molecule has 0 aliphatic carbocycles. The SMILES string of the molecule is N#CN1C(=O)c2cccc3cc([N+](=O)[O-])cc(c23)C1=O. The van der Waals surface area contributed by atoms with Crippen LogP contribution in [0.15, 0.2) is 30.3 Å². The van der Waals surface area contributed by atoms with Gasteiger partial charge >= 0.3 is 0 Å². The second-order valence-electron chi connectivity index (χ2n) is 4.20. The third-order valence-corrected chi connectivity index (χ3v) is 3.14. The van der Waals surface area contributed by atoms with E-state index in [0.717, 1.165) is 6.07 Å². The lowest BCUT2D eigenvalue weighted by Crippen LogP contribution is -2.36. The predicted octanol–water partition coefficient (Wildman–Crippen LogP) is 1.83. The van der Waals surface area contributed by atoms with Crippen LogP contribution in [0, 0.1) is 21.6 Å². The Kier molecular flexibility index (Phi) is 2.28. The summed E-state index contributed by atoms with van der Waals surface area (Å²) in [6.45, 7) is 0. The Labute approximate surface area is 111 Å². The number of hydrogen-bond donors (Lipinski definition) is 0. The molecule has 1 heterocycles. The molecule has 0 N–H and O–H groups in total. The van der Waals surface area contributed by atoms with E-state index >= 15 is 0 Å². The fourth-order valence-corrected chi connectivity index (χ4v) is 2.29. The highest BCUT2D eigenvalue weighted by atomic mass is 16.6. The van der Waals surface area contributed by atoms with Crippen LogP contribution in [0.25, 0.3) is 10.8 Å². The molecule has 20 heavy (non-hydrogen) atoms. The van der Waals surface area contributed by atoms with Crippen molar-refractivity contribution in [1.29, 1.82) is 5.26 Å². The molecule has 2 aromatic rings. The van der Waals surface area contributed by atoms with Gasteiger partial charge in [0.1, 0.15) is 0 Å². The molecule has 1 aliphatic heterocycles. The summed E-state index contributed by atoms with van der Waals surface area (Å²) in [5.74, 6) is -1.56. The van der Waals surface area contributed by atoms with Crippen LogP contribution in [0.4, 0.5) is 5.69 Å². The third-order valence-electron chi connectivity index (χ3n) is 3.14. The van der Waals surface area contributed by atoms with Crippen molar-refractivity contribution in [2.24, 2.45) is 0 Å². The lowest BCUT2D eigenvalue weighted by atomic mass is 9.94. The maximum atomic E-state index is 12.1. The summed E-state index contributed by atoms with van der Waals surface area (Å²) in [6.07, 6.45) is 1.50. The van der Waals surface area contributed by atoms with Crippen LogP contribution in [0.5, 0.6) is 0 Å². The molecular weight excluding hydrogens is 262 g/mol. The van der Waals surface area contributed by atoms with Crippen molar-refractivity contribution < 1.29 is 14.5 Å². The van der Waals surface area contributed by atoms with E-state index in [-0.39, 0.29) is 16.8 Å². The van der Waals surface area contributed by atoms with E-state index in [4.69, 9.17) is 5.26 Å². The minimum absolute atomic E-state index is 0.00838. The van der Waals surface area contributed by atoms with Crippen molar-refractivity contribution in [1.82, 2.24) is 4.90 Å². The van der Waals surface area contributed by atoms with Gasteiger partial charge in [0.2, 0.25) is 0 Å². The molecule has 96 valence electrons. The number of benzene rings is 2. The lowest BCUT2D eigenvalue weighted by Gasteiger charge is -2.20. The molecule has 2 aromatic carbocycles. The summed E-state index contributed by atoms with van der Waals surface area (Å²) in [5, 5.41) is 20.5. The number of amides is 2. The first-order chi connectivity index (χ1) is 9.54. The molecule has 1 aliphatic rings. The molecule has 0 spiro atoms. The number of nitriles is 1. The highest BCUT2D eigenvalue weighted by molar-refractivity contribution is 6.26. The van der Waals surface area contributed by atoms with Crippen molar-refractivity contribution in [3.8, 4) is 6.19 Å². The molecule has 7 heteroatoms. The quantitative estimate of drug-likeness (QED) is 0.339. The average Bonchev–Trinajstić information content (AvgIpc) is 2.44. The second-order valence-corrected chi connectivity index (χ2v) is 4.20. The van der Waals surface area contributed by atoms with Gasteiger partial charge in [-0.25, -0.2) is 0 Å². The number of carbonyl (C=O) groups excluding carboxylic acids is 2. The van der Waals surface area contributed by atoms with Gasteiger partial charge in [-0.1, -0.05) is 12.1 Å². The molecule has 3 rings (SSSR count). The van der Waals surface area contributed by atoms with E-state index in [1.165, 1.54) is 18.3 Å². The van der Waals surface area contributed by atoms with Gasteiger partial charge in [0, 0.05) is 23.1 Å². The molecule has 0 saturated carbocycles. The molecule has 0 atom stereocenters. The first-order valence-electron chi connectivity index (χ1n) is 5.54. The molecule has 0 fully saturated rings. The Bertz CT molecular complexity index is 851. The largest absolute Gasteiger partial charge is 0.275 e. The summed E-state index contributed by atoms with van der Waals surface area (Å²) in [4.78, 5) is 34.8. The van der Waals surface area contributed by atoms with Gasteiger partial charge in [-0.3, -0.25) is 19.7 Å². The summed E-state index contributed by atoms with van der Waals surface area (Å²) in [7, 11) is 0. The topological polar surface area (TPSA) is 104 Å². The minimum atomic E-state index is -0.843. The summed E-state index contributed by atoms with van der Waals surface area (Å²) in [5.41, 5.74) is -0.0789. The Morgan fingerprint density at radius 3 is 2.50 bits per heavy atom. The zero-order chi connectivity index (χ0) is 14.4. The zero-order valence-corrected chi connectivity index (χ0v) is 9.86. The van der Waals surface area contributed by atoms with E-state index in [1.807, 2.05) is 0 Å². The van der Waals surface area contributed by atoms with Crippen molar-refractivity contribution in [3.63, 3.8) is 0 Å². The maximum absolute atomic E-state index is 12.1. The molecule has 0 bridgehead atoms. The molecular formula is C13H5N3O4. The minimum Gasteiger partial charge on any atom is -0.267 e. The Morgan fingerprint density at radius 2 is 1.85 bits per heavy atom. The van der Waals surface area contributed by atoms with Crippen LogP contribution >= 0.6 is 0 Å². The number of rotatable bonds is 1. The van der Waals surface area contributed by atoms with Gasteiger partial charge in [-0.2, -0.15) is 10.2 Å². The number of carbonyl (C=O) groups is 2. The van der Waals surface area contributed by atoms with Gasteiger partial charge in [0.25, 0.3) is 17.5 Å². The van der Waals surface area contributed by atoms with E-state index in [0.29, 0.717) is 15.7 Å². The monoisotopic (exact) mass is 267 g/mol. The van der Waals surface area contributed by atoms with Crippen molar-refractivity contribution in [3.05, 3.63) is 51.6 Å². The number of nitro benzene ring substituents is 1. The molecule has 0 radical (unpaired) electrons. The fourth-order valence-electron chi connectivity index (χ4n) is 2.29. The third kappa shape index (κ3) is 1.39. The predicted molar refractivity (Wildman–Crippen MR) is 66.7 cm³/mol. The molecule has 0 unspecified atom stereocenters. The van der Waals surface area contributed by atoms with Crippen LogP contribution in [0.1, 0.15) is 20.7 Å². The lowest BCUT2D eigenvalue weighted by molar-refractivity contribution is -0.384. The van der Waals surface area contributed by atoms with Crippen LogP contribution in [0.3, 0.4) is 0 Å². The van der Waals surface area contributed by atoms with Gasteiger partial charge < -0.3 is 0 Å². The first-order valence-corrected chi connectivity index (χ1v) is 5.54. The Morgan fingerprint density at radius 1 is 1.15 bits per heavy atom. The van der Waals surface area contributed by atoms with Crippen LogP contribution in [-0.4, -0.2) is 21.6 Å². The number of nitrogens with zero attached hydrogens (tertiary/aromatic N) is 3. The standard InChI is InChI=1S/C13H5N3O4/c14-6-15-12(17)9-3-1-2-7-4-8(16(19)20)5-10(11(7)9)13(15)18/h1-5H. The normalized spacial score (nSPS) is 13.4. The highest BCUT2D eigenvalue weighted by Crippen LogP contribution is 2.33. The van der Waals surface area contributed by atoms with Gasteiger partial charge in [-0.05, 0) is 11.5 Å². The van der Waals surface area contributed by atoms with Crippen LogP contribution in [-0.2, 0) is 0 Å². The van der Waals surface area contributed by atoms with Crippen molar-refractivity contribution in [2.75, 3.05) is 0 Å². The fraction of sp³-hybridized carbons (Fsp3) is 0. The van der Waals surface area contributed by atoms with Gasteiger partial charge in [0.05, 0.1) is 10.5 Å².